The fraction of sp³-hybridized carbons (Fsp3) is 0.353. The highest BCUT2D eigenvalue weighted by atomic mass is 16.2. The first-order valence-electron chi connectivity index (χ1n) is 8.02. The molecule has 1 unspecified atom stereocenters. The van der Waals surface area contributed by atoms with Gasteiger partial charge in [-0.1, -0.05) is 0 Å². The largest absolute Gasteiger partial charge is 0.321 e. The maximum Gasteiger partial charge on any atom is 0.276 e. The summed E-state index contributed by atoms with van der Waals surface area (Å²) in [5.41, 5.74) is 3.94. The van der Waals surface area contributed by atoms with E-state index in [0.29, 0.717) is 23.8 Å². The third kappa shape index (κ3) is 2.46. The molecule has 2 aliphatic rings. The van der Waals surface area contributed by atoms with Gasteiger partial charge in [-0.15, -0.1) is 0 Å². The van der Waals surface area contributed by atoms with Crippen LogP contribution in [-0.2, 0) is 24.3 Å². The number of likely N-dealkylation sites (N-methyl/N-ethyl adjacent to an activating group) is 1. The first-order chi connectivity index (χ1) is 11.5. The Labute approximate surface area is 139 Å². The summed E-state index contributed by atoms with van der Waals surface area (Å²) in [6.45, 7) is 3.57. The summed E-state index contributed by atoms with van der Waals surface area (Å²) in [5, 5.41) is 10.6. The lowest BCUT2D eigenvalue weighted by atomic mass is 10.1. The number of hydrogen-bond donors (Lipinski definition) is 2. The SMILES string of the molecule is CC1Cn2nc(C(=O)Nc3ccc4c(c3)CC(=O)N4C)cc2CN1. The smallest absolute Gasteiger partial charge is 0.276 e. The predicted octanol–water partition coefficient (Wildman–Crippen LogP) is 1.15. The summed E-state index contributed by atoms with van der Waals surface area (Å²) >= 11 is 0. The Morgan fingerprint density at radius 2 is 2.21 bits per heavy atom. The van der Waals surface area contributed by atoms with Gasteiger partial charge in [0.2, 0.25) is 5.91 Å². The molecule has 0 fully saturated rings. The van der Waals surface area contributed by atoms with Crippen LogP contribution in [0.3, 0.4) is 0 Å². The van der Waals surface area contributed by atoms with E-state index in [1.54, 1.807) is 11.9 Å². The molecular formula is C17H19N5O2. The molecule has 124 valence electrons. The van der Waals surface area contributed by atoms with E-state index < -0.39 is 0 Å². The van der Waals surface area contributed by atoms with E-state index in [2.05, 4.69) is 22.7 Å². The summed E-state index contributed by atoms with van der Waals surface area (Å²) in [6.07, 6.45) is 0.373. The second kappa shape index (κ2) is 5.45. The van der Waals surface area contributed by atoms with Crippen molar-refractivity contribution >= 4 is 23.2 Å². The number of aromatic nitrogens is 2. The number of rotatable bonds is 2. The van der Waals surface area contributed by atoms with Crippen LogP contribution in [0.1, 0.15) is 28.7 Å². The van der Waals surface area contributed by atoms with Gasteiger partial charge in [-0.25, -0.2) is 0 Å². The third-order valence-corrected chi connectivity index (χ3v) is 4.59. The van der Waals surface area contributed by atoms with Crippen molar-refractivity contribution < 1.29 is 9.59 Å². The standard InChI is InChI=1S/C17H19N5O2/c1-10-9-22-13(8-18-10)7-14(20-22)17(24)19-12-3-4-15-11(5-12)6-16(23)21(15)2/h3-5,7,10,18H,6,8-9H2,1-2H3,(H,19,24). The third-order valence-electron chi connectivity index (χ3n) is 4.59. The van der Waals surface area contributed by atoms with Crippen LogP contribution in [0.15, 0.2) is 24.3 Å². The van der Waals surface area contributed by atoms with E-state index in [-0.39, 0.29) is 11.8 Å². The van der Waals surface area contributed by atoms with Crippen LogP contribution in [0.25, 0.3) is 0 Å². The number of anilines is 2. The van der Waals surface area contributed by atoms with Crippen molar-refractivity contribution in [1.29, 1.82) is 0 Å². The zero-order valence-corrected chi connectivity index (χ0v) is 13.7. The topological polar surface area (TPSA) is 79.3 Å². The lowest BCUT2D eigenvalue weighted by Gasteiger charge is -2.21. The number of amides is 2. The summed E-state index contributed by atoms with van der Waals surface area (Å²) in [7, 11) is 1.76. The second-order valence-corrected chi connectivity index (χ2v) is 6.41. The predicted molar refractivity (Wildman–Crippen MR) is 90.0 cm³/mol. The van der Waals surface area contributed by atoms with Crippen molar-refractivity contribution in [2.24, 2.45) is 0 Å². The van der Waals surface area contributed by atoms with Crippen LogP contribution in [0, 0.1) is 0 Å². The Hall–Kier alpha value is -2.67. The zero-order chi connectivity index (χ0) is 16.8. The number of nitrogens with one attached hydrogen (secondary N) is 2. The van der Waals surface area contributed by atoms with Crippen LogP contribution in [0.5, 0.6) is 0 Å². The van der Waals surface area contributed by atoms with Gasteiger partial charge in [-0.2, -0.15) is 5.10 Å². The van der Waals surface area contributed by atoms with E-state index in [1.807, 2.05) is 28.9 Å². The fourth-order valence-electron chi connectivity index (χ4n) is 3.21. The van der Waals surface area contributed by atoms with Crippen molar-refractivity contribution in [3.8, 4) is 0 Å². The minimum absolute atomic E-state index is 0.0665. The molecule has 7 nitrogen and oxygen atoms in total. The van der Waals surface area contributed by atoms with Crippen LogP contribution in [0.4, 0.5) is 11.4 Å². The van der Waals surface area contributed by atoms with Gasteiger partial charge in [-0.05, 0) is 36.8 Å². The Morgan fingerprint density at radius 1 is 1.38 bits per heavy atom. The van der Waals surface area contributed by atoms with E-state index in [1.165, 1.54) is 0 Å². The van der Waals surface area contributed by atoms with Gasteiger partial charge in [0, 0.05) is 31.0 Å². The molecule has 2 amide bonds. The van der Waals surface area contributed by atoms with E-state index in [0.717, 1.165) is 30.0 Å². The Morgan fingerprint density at radius 3 is 3.04 bits per heavy atom. The quantitative estimate of drug-likeness (QED) is 0.868. The molecular weight excluding hydrogens is 306 g/mol. The number of carbonyl (C=O) groups excluding carboxylic acids is 2. The first-order valence-corrected chi connectivity index (χ1v) is 8.02. The van der Waals surface area contributed by atoms with Gasteiger partial charge >= 0.3 is 0 Å². The van der Waals surface area contributed by atoms with Crippen LogP contribution in [0.2, 0.25) is 0 Å². The van der Waals surface area contributed by atoms with Crippen molar-refractivity contribution in [2.45, 2.75) is 32.5 Å². The van der Waals surface area contributed by atoms with Crippen molar-refractivity contribution in [2.75, 3.05) is 17.3 Å². The Balaban J connectivity index is 1.53. The lowest BCUT2D eigenvalue weighted by molar-refractivity contribution is -0.117. The summed E-state index contributed by atoms with van der Waals surface area (Å²) in [5.74, 6) is -0.168. The average Bonchev–Trinajstić information content (AvgIpc) is 3.08. The van der Waals surface area contributed by atoms with Crippen molar-refractivity contribution in [3.05, 3.63) is 41.2 Å². The molecule has 0 spiro atoms. The van der Waals surface area contributed by atoms with Crippen LogP contribution < -0.4 is 15.5 Å². The molecule has 2 N–H and O–H groups in total. The molecule has 7 heteroatoms. The summed E-state index contributed by atoms with van der Waals surface area (Å²) in [4.78, 5) is 25.8. The molecule has 3 heterocycles. The first kappa shape index (κ1) is 14.9. The number of carbonyl (C=O) groups is 2. The molecule has 1 aromatic heterocycles. The van der Waals surface area contributed by atoms with Gasteiger partial charge in [0.05, 0.1) is 18.7 Å². The highest BCUT2D eigenvalue weighted by molar-refractivity contribution is 6.04. The van der Waals surface area contributed by atoms with Crippen molar-refractivity contribution in [3.63, 3.8) is 0 Å². The van der Waals surface area contributed by atoms with Crippen molar-refractivity contribution in [1.82, 2.24) is 15.1 Å². The molecule has 2 aromatic rings. The molecule has 0 saturated carbocycles. The lowest BCUT2D eigenvalue weighted by Crippen LogP contribution is -2.36. The minimum atomic E-state index is -0.234. The normalized spacial score (nSPS) is 19.2. The van der Waals surface area contributed by atoms with Gasteiger partial charge in [0.25, 0.3) is 5.91 Å². The number of hydrogen-bond acceptors (Lipinski definition) is 4. The maximum atomic E-state index is 12.5. The molecule has 2 aliphatic heterocycles. The fourth-order valence-corrected chi connectivity index (χ4v) is 3.21. The number of fused-ring (bicyclic) bond motifs is 2. The highest BCUT2D eigenvalue weighted by Gasteiger charge is 2.24. The molecule has 24 heavy (non-hydrogen) atoms. The zero-order valence-electron chi connectivity index (χ0n) is 13.7. The van der Waals surface area contributed by atoms with Gasteiger partial charge in [0.1, 0.15) is 0 Å². The van der Waals surface area contributed by atoms with E-state index >= 15 is 0 Å². The molecule has 0 radical (unpaired) electrons. The summed E-state index contributed by atoms with van der Waals surface area (Å²) < 4.78 is 1.88. The molecule has 1 aromatic carbocycles. The second-order valence-electron chi connectivity index (χ2n) is 6.41. The van der Waals surface area contributed by atoms with E-state index in [9.17, 15) is 9.59 Å². The Bertz CT molecular complexity index is 842. The average molecular weight is 325 g/mol. The van der Waals surface area contributed by atoms with Gasteiger partial charge in [-0.3, -0.25) is 14.3 Å². The molecule has 0 saturated heterocycles. The number of nitrogens with zero attached hydrogens (tertiary/aromatic N) is 3. The maximum absolute atomic E-state index is 12.5. The van der Waals surface area contributed by atoms with Crippen LogP contribution in [-0.4, -0.2) is 34.7 Å². The monoisotopic (exact) mass is 325 g/mol. The van der Waals surface area contributed by atoms with Crippen LogP contribution >= 0.6 is 0 Å². The van der Waals surface area contributed by atoms with Gasteiger partial charge in [0.15, 0.2) is 5.69 Å². The molecule has 0 bridgehead atoms. The molecule has 0 aliphatic carbocycles. The number of benzene rings is 1. The van der Waals surface area contributed by atoms with E-state index in [4.69, 9.17) is 0 Å². The minimum Gasteiger partial charge on any atom is -0.321 e. The molecule has 1 atom stereocenters. The Kier molecular flexibility index (Phi) is 3.38. The highest BCUT2D eigenvalue weighted by Crippen LogP contribution is 2.30. The van der Waals surface area contributed by atoms with Gasteiger partial charge < -0.3 is 15.5 Å². The summed E-state index contributed by atoms with van der Waals surface area (Å²) in [6, 6.07) is 7.69. The molecule has 4 rings (SSSR count).